The molecule has 5 heteroatoms. The summed E-state index contributed by atoms with van der Waals surface area (Å²) in [4.78, 5) is 10.3. The second-order valence-electron chi connectivity index (χ2n) is 5.62. The van der Waals surface area contributed by atoms with E-state index in [2.05, 4.69) is 20.2 Å². The van der Waals surface area contributed by atoms with Gasteiger partial charge < -0.3 is 19.9 Å². The molecular weight excluding hydrogens is 240 g/mol. The van der Waals surface area contributed by atoms with Crippen LogP contribution in [0.25, 0.3) is 0 Å². The number of aromatic amines is 1. The first-order valence-electron chi connectivity index (χ1n) is 7.35. The van der Waals surface area contributed by atoms with Crippen LogP contribution in [0.3, 0.4) is 0 Å². The number of aromatic nitrogens is 2. The lowest BCUT2D eigenvalue weighted by Gasteiger charge is -2.37. The van der Waals surface area contributed by atoms with Crippen molar-refractivity contribution >= 4 is 0 Å². The summed E-state index contributed by atoms with van der Waals surface area (Å²) in [5, 5.41) is 3.66. The minimum atomic E-state index is 0.458. The second-order valence-corrected chi connectivity index (χ2v) is 5.62. The van der Waals surface area contributed by atoms with Crippen LogP contribution in [0.15, 0.2) is 6.33 Å². The van der Waals surface area contributed by atoms with Crippen molar-refractivity contribution in [2.45, 2.75) is 25.3 Å². The van der Waals surface area contributed by atoms with E-state index in [1.165, 1.54) is 37.3 Å². The first-order chi connectivity index (χ1) is 9.38. The number of ether oxygens (including phenoxy) is 1. The van der Waals surface area contributed by atoms with Gasteiger partial charge in [-0.25, -0.2) is 4.98 Å². The minimum Gasteiger partial charge on any atom is -0.383 e. The molecule has 2 aliphatic heterocycles. The summed E-state index contributed by atoms with van der Waals surface area (Å²) in [7, 11) is 1.78. The summed E-state index contributed by atoms with van der Waals surface area (Å²) in [6.45, 7) is 5.35. The molecule has 5 nitrogen and oxygen atoms in total. The fourth-order valence-electron chi connectivity index (χ4n) is 3.37. The Morgan fingerprint density at radius 2 is 2.26 bits per heavy atom. The van der Waals surface area contributed by atoms with E-state index in [0.717, 1.165) is 32.0 Å². The van der Waals surface area contributed by atoms with Crippen molar-refractivity contribution in [3.8, 4) is 0 Å². The number of piperidine rings is 1. The molecule has 0 amide bonds. The van der Waals surface area contributed by atoms with E-state index >= 15 is 0 Å². The van der Waals surface area contributed by atoms with E-state index in [0.29, 0.717) is 6.04 Å². The topological polar surface area (TPSA) is 53.2 Å². The molecule has 19 heavy (non-hydrogen) atoms. The lowest BCUT2D eigenvalue weighted by Crippen LogP contribution is -2.42. The first-order valence-corrected chi connectivity index (χ1v) is 7.35. The number of rotatable bonds is 4. The molecule has 0 aromatic carbocycles. The Hall–Kier alpha value is -0.910. The molecular formula is C14H24N4O. The van der Waals surface area contributed by atoms with Crippen molar-refractivity contribution in [3.63, 3.8) is 0 Å². The van der Waals surface area contributed by atoms with E-state index < -0.39 is 0 Å². The predicted octanol–water partition coefficient (Wildman–Crippen LogP) is 0.955. The first kappa shape index (κ1) is 13.1. The summed E-state index contributed by atoms with van der Waals surface area (Å²) in [5.74, 6) is 0.723. The highest BCUT2D eigenvalue weighted by atomic mass is 16.5. The quantitative estimate of drug-likeness (QED) is 0.850. The van der Waals surface area contributed by atoms with Gasteiger partial charge in [0.1, 0.15) is 0 Å². The van der Waals surface area contributed by atoms with Gasteiger partial charge in [0.25, 0.3) is 0 Å². The number of likely N-dealkylation sites (tertiary alicyclic amines) is 1. The number of H-pyrrole nitrogens is 1. The van der Waals surface area contributed by atoms with Gasteiger partial charge in [0.05, 0.1) is 24.7 Å². The number of imidazole rings is 1. The number of hydrogen-bond acceptors (Lipinski definition) is 4. The maximum atomic E-state index is 5.16. The molecule has 0 saturated carbocycles. The van der Waals surface area contributed by atoms with Crippen LogP contribution in [0.2, 0.25) is 0 Å². The predicted molar refractivity (Wildman–Crippen MR) is 74.1 cm³/mol. The lowest BCUT2D eigenvalue weighted by atomic mass is 9.85. The summed E-state index contributed by atoms with van der Waals surface area (Å²) in [6, 6.07) is 0.458. The highest BCUT2D eigenvalue weighted by Crippen LogP contribution is 2.33. The van der Waals surface area contributed by atoms with Crippen LogP contribution in [0.5, 0.6) is 0 Å². The fraction of sp³-hybridized carbons (Fsp3) is 0.786. The molecule has 3 heterocycles. The molecule has 0 unspecified atom stereocenters. The van der Waals surface area contributed by atoms with Gasteiger partial charge >= 0.3 is 0 Å². The Labute approximate surface area is 114 Å². The fourth-order valence-corrected chi connectivity index (χ4v) is 3.37. The van der Waals surface area contributed by atoms with Crippen molar-refractivity contribution in [2.24, 2.45) is 5.92 Å². The molecule has 3 rings (SSSR count). The molecule has 0 radical (unpaired) electrons. The van der Waals surface area contributed by atoms with Gasteiger partial charge in [0.2, 0.25) is 0 Å². The maximum absolute atomic E-state index is 5.16. The van der Waals surface area contributed by atoms with Crippen LogP contribution in [-0.4, -0.2) is 54.8 Å². The van der Waals surface area contributed by atoms with Crippen molar-refractivity contribution in [1.82, 2.24) is 20.2 Å². The molecule has 1 fully saturated rings. The van der Waals surface area contributed by atoms with E-state index in [9.17, 15) is 0 Å². The Kier molecular flexibility index (Phi) is 4.15. The Morgan fingerprint density at radius 3 is 3.05 bits per heavy atom. The monoisotopic (exact) mass is 264 g/mol. The van der Waals surface area contributed by atoms with E-state index in [-0.39, 0.29) is 0 Å². The lowest BCUT2D eigenvalue weighted by molar-refractivity contribution is 0.109. The SMILES string of the molecule is COCCN1CCC([C@@H]2NCCc3[nH]cnc32)CC1. The molecule has 0 spiro atoms. The number of fused-ring (bicyclic) bond motifs is 1. The molecule has 1 atom stereocenters. The van der Waals surface area contributed by atoms with Gasteiger partial charge in [0.15, 0.2) is 0 Å². The number of hydrogen-bond donors (Lipinski definition) is 2. The average Bonchev–Trinajstić information content (AvgIpc) is 2.94. The largest absolute Gasteiger partial charge is 0.383 e. The molecule has 1 saturated heterocycles. The molecule has 0 aliphatic carbocycles. The zero-order valence-electron chi connectivity index (χ0n) is 11.7. The van der Waals surface area contributed by atoms with E-state index in [1.54, 1.807) is 7.11 Å². The summed E-state index contributed by atoms with van der Waals surface area (Å²) in [5.41, 5.74) is 2.60. The van der Waals surface area contributed by atoms with Gasteiger partial charge in [-0.05, 0) is 31.8 Å². The summed E-state index contributed by atoms with van der Waals surface area (Å²) >= 11 is 0. The Bertz CT molecular complexity index is 398. The van der Waals surface area contributed by atoms with E-state index in [4.69, 9.17) is 4.74 Å². The smallest absolute Gasteiger partial charge is 0.0925 e. The minimum absolute atomic E-state index is 0.458. The normalized spacial score (nSPS) is 25.4. The zero-order valence-corrected chi connectivity index (χ0v) is 11.7. The van der Waals surface area contributed by atoms with Crippen LogP contribution in [0.4, 0.5) is 0 Å². The maximum Gasteiger partial charge on any atom is 0.0925 e. The number of nitrogens with zero attached hydrogens (tertiary/aromatic N) is 2. The van der Waals surface area contributed by atoms with Crippen LogP contribution in [0.1, 0.15) is 30.3 Å². The Balaban J connectivity index is 1.58. The average molecular weight is 264 g/mol. The number of methoxy groups -OCH3 is 1. The standard InChI is InChI=1S/C14H24N4O/c1-19-9-8-18-6-3-11(4-7-18)13-14-12(2-5-15-13)16-10-17-14/h10-11,13,15H,2-9H2,1H3,(H,16,17)/t13-/m0/s1. The third-order valence-corrected chi connectivity index (χ3v) is 4.50. The summed E-state index contributed by atoms with van der Waals surface area (Å²) < 4.78 is 5.16. The van der Waals surface area contributed by atoms with Crippen molar-refractivity contribution in [1.29, 1.82) is 0 Å². The third-order valence-electron chi connectivity index (χ3n) is 4.50. The molecule has 2 N–H and O–H groups in total. The second kappa shape index (κ2) is 6.03. The van der Waals surface area contributed by atoms with Crippen LogP contribution < -0.4 is 5.32 Å². The molecule has 0 bridgehead atoms. The highest BCUT2D eigenvalue weighted by Gasteiger charge is 2.31. The highest BCUT2D eigenvalue weighted by molar-refractivity contribution is 5.20. The van der Waals surface area contributed by atoms with Gasteiger partial charge in [-0.1, -0.05) is 0 Å². The van der Waals surface area contributed by atoms with Gasteiger partial charge in [0, 0.05) is 32.3 Å². The summed E-state index contributed by atoms with van der Waals surface area (Å²) in [6.07, 6.45) is 5.44. The molecule has 2 aliphatic rings. The number of nitrogens with one attached hydrogen (secondary N) is 2. The molecule has 106 valence electrons. The van der Waals surface area contributed by atoms with Crippen LogP contribution >= 0.6 is 0 Å². The van der Waals surface area contributed by atoms with E-state index in [1.807, 2.05) is 6.33 Å². The van der Waals surface area contributed by atoms with Gasteiger partial charge in [-0.3, -0.25) is 0 Å². The molecule has 1 aromatic rings. The van der Waals surface area contributed by atoms with Crippen molar-refractivity contribution in [3.05, 3.63) is 17.7 Å². The molecule has 1 aromatic heterocycles. The third kappa shape index (κ3) is 2.83. The van der Waals surface area contributed by atoms with Crippen molar-refractivity contribution in [2.75, 3.05) is 39.9 Å². The van der Waals surface area contributed by atoms with Crippen molar-refractivity contribution < 1.29 is 4.74 Å². The van der Waals surface area contributed by atoms with Crippen LogP contribution in [0, 0.1) is 5.92 Å². The van der Waals surface area contributed by atoms with Gasteiger partial charge in [-0.2, -0.15) is 0 Å². The van der Waals surface area contributed by atoms with Crippen LogP contribution in [-0.2, 0) is 11.2 Å². The Morgan fingerprint density at radius 1 is 1.42 bits per heavy atom. The van der Waals surface area contributed by atoms with Gasteiger partial charge in [-0.15, -0.1) is 0 Å². The zero-order chi connectivity index (χ0) is 13.1.